The van der Waals surface area contributed by atoms with Crippen molar-refractivity contribution in [3.63, 3.8) is 0 Å². The van der Waals surface area contributed by atoms with E-state index in [2.05, 4.69) is 0 Å². The summed E-state index contributed by atoms with van der Waals surface area (Å²) in [5, 5.41) is 10.8. The van der Waals surface area contributed by atoms with E-state index in [0.29, 0.717) is 13.2 Å². The highest BCUT2D eigenvalue weighted by atomic mass is 16.5. The number of rotatable bonds is 5. The number of likely N-dealkylation sites (tertiary alicyclic amines) is 1. The predicted octanol–water partition coefficient (Wildman–Crippen LogP) is 2.71. The monoisotopic (exact) mass is 311 g/mol. The zero-order chi connectivity index (χ0) is 16.3. The highest BCUT2D eigenvalue weighted by molar-refractivity contribution is 5.80. The van der Waals surface area contributed by atoms with Crippen LogP contribution in [0.1, 0.15) is 24.5 Å². The Morgan fingerprint density at radius 3 is 2.26 bits per heavy atom. The van der Waals surface area contributed by atoms with E-state index in [9.17, 15) is 9.90 Å². The van der Waals surface area contributed by atoms with Gasteiger partial charge in [0.05, 0.1) is 13.0 Å². The number of ether oxygens (including phenoxy) is 1. The van der Waals surface area contributed by atoms with Crippen LogP contribution in [0.2, 0.25) is 0 Å². The largest absolute Gasteiger partial charge is 0.368 e. The van der Waals surface area contributed by atoms with Gasteiger partial charge >= 0.3 is 0 Å². The molecule has 1 aliphatic heterocycles. The molecule has 0 saturated carbocycles. The molecule has 2 aromatic carbocycles. The summed E-state index contributed by atoms with van der Waals surface area (Å²) in [6.07, 6.45) is -0.328. The summed E-state index contributed by atoms with van der Waals surface area (Å²) in [7, 11) is 0. The maximum Gasteiger partial charge on any atom is 0.227 e. The molecule has 0 bridgehead atoms. The molecule has 120 valence electrons. The lowest BCUT2D eigenvalue weighted by molar-refractivity contribution is -0.165. The van der Waals surface area contributed by atoms with Gasteiger partial charge < -0.3 is 14.7 Å². The quantitative estimate of drug-likeness (QED) is 0.923. The molecule has 1 heterocycles. The molecule has 0 unspecified atom stereocenters. The van der Waals surface area contributed by atoms with Crippen molar-refractivity contribution >= 4 is 5.91 Å². The SMILES string of the molecule is C[C@]1(O)[C@@H](OCc2ccccc2)CC(=O)N1Cc1ccccc1. The van der Waals surface area contributed by atoms with Gasteiger partial charge in [0, 0.05) is 6.54 Å². The average molecular weight is 311 g/mol. The third-order valence-electron chi connectivity index (χ3n) is 4.30. The Labute approximate surface area is 136 Å². The highest BCUT2D eigenvalue weighted by Gasteiger charge is 2.49. The molecule has 1 N–H and O–H groups in total. The highest BCUT2D eigenvalue weighted by Crippen LogP contribution is 2.32. The minimum atomic E-state index is -1.30. The number of carbonyl (C=O) groups is 1. The third-order valence-corrected chi connectivity index (χ3v) is 4.30. The van der Waals surface area contributed by atoms with E-state index in [1.54, 1.807) is 6.92 Å². The maximum absolute atomic E-state index is 12.3. The smallest absolute Gasteiger partial charge is 0.227 e. The topological polar surface area (TPSA) is 49.8 Å². The second-order valence-corrected chi connectivity index (χ2v) is 6.05. The molecule has 1 amide bonds. The first-order chi connectivity index (χ1) is 11.1. The van der Waals surface area contributed by atoms with Gasteiger partial charge in [-0.25, -0.2) is 0 Å². The molecule has 3 rings (SSSR count). The van der Waals surface area contributed by atoms with E-state index in [0.717, 1.165) is 11.1 Å². The summed E-state index contributed by atoms with van der Waals surface area (Å²) in [6.45, 7) is 2.42. The first-order valence-corrected chi connectivity index (χ1v) is 7.79. The second-order valence-electron chi connectivity index (χ2n) is 6.05. The van der Waals surface area contributed by atoms with E-state index in [-0.39, 0.29) is 12.3 Å². The number of benzene rings is 2. The summed E-state index contributed by atoms with van der Waals surface area (Å²) in [4.78, 5) is 13.8. The van der Waals surface area contributed by atoms with E-state index < -0.39 is 11.8 Å². The van der Waals surface area contributed by atoms with Gasteiger partial charge in [0.25, 0.3) is 0 Å². The van der Waals surface area contributed by atoms with Gasteiger partial charge in [-0.3, -0.25) is 4.79 Å². The van der Waals surface area contributed by atoms with Gasteiger partial charge in [0.2, 0.25) is 5.91 Å². The number of amides is 1. The molecular weight excluding hydrogens is 290 g/mol. The van der Waals surface area contributed by atoms with Crippen LogP contribution in [0.15, 0.2) is 60.7 Å². The molecule has 0 aromatic heterocycles. The lowest BCUT2D eigenvalue weighted by Crippen LogP contribution is -2.49. The summed E-state index contributed by atoms with van der Waals surface area (Å²) < 4.78 is 5.83. The Morgan fingerprint density at radius 2 is 1.65 bits per heavy atom. The zero-order valence-corrected chi connectivity index (χ0v) is 13.2. The fourth-order valence-electron chi connectivity index (χ4n) is 2.89. The molecule has 0 radical (unpaired) electrons. The van der Waals surface area contributed by atoms with Crippen molar-refractivity contribution in [1.29, 1.82) is 0 Å². The standard InChI is InChI=1S/C19H21NO3/c1-19(22)17(23-14-16-10-6-3-7-11-16)12-18(21)20(19)13-15-8-4-2-5-9-15/h2-11,17,22H,12-14H2,1H3/t17-,19-/m0/s1. The lowest BCUT2D eigenvalue weighted by atomic mass is 10.1. The molecule has 23 heavy (non-hydrogen) atoms. The van der Waals surface area contributed by atoms with E-state index >= 15 is 0 Å². The van der Waals surface area contributed by atoms with E-state index in [4.69, 9.17) is 4.74 Å². The summed E-state index contributed by atoms with van der Waals surface area (Å²) in [6, 6.07) is 19.4. The van der Waals surface area contributed by atoms with E-state index in [1.807, 2.05) is 60.7 Å². The number of carbonyl (C=O) groups excluding carboxylic acids is 1. The van der Waals surface area contributed by atoms with Crippen molar-refractivity contribution in [1.82, 2.24) is 4.90 Å². The number of hydrogen-bond donors (Lipinski definition) is 1. The summed E-state index contributed by atoms with van der Waals surface area (Å²) in [5.41, 5.74) is 0.712. The maximum atomic E-state index is 12.3. The zero-order valence-electron chi connectivity index (χ0n) is 13.2. The third kappa shape index (κ3) is 3.44. The molecule has 2 aromatic rings. The molecule has 1 fully saturated rings. The fourth-order valence-corrected chi connectivity index (χ4v) is 2.89. The predicted molar refractivity (Wildman–Crippen MR) is 87.3 cm³/mol. The number of aliphatic hydroxyl groups is 1. The minimum Gasteiger partial charge on any atom is -0.368 e. The molecule has 1 saturated heterocycles. The molecule has 0 aliphatic carbocycles. The Bertz CT molecular complexity index is 655. The first kappa shape index (κ1) is 15.7. The van der Waals surface area contributed by atoms with Gasteiger partial charge in [-0.05, 0) is 18.1 Å². The molecule has 4 heteroatoms. The van der Waals surface area contributed by atoms with Gasteiger partial charge in [-0.2, -0.15) is 0 Å². The van der Waals surface area contributed by atoms with Crippen LogP contribution in [0.5, 0.6) is 0 Å². The minimum absolute atomic E-state index is 0.0862. The van der Waals surface area contributed by atoms with Crippen LogP contribution in [0.25, 0.3) is 0 Å². The van der Waals surface area contributed by atoms with Crippen LogP contribution >= 0.6 is 0 Å². The van der Waals surface area contributed by atoms with E-state index in [1.165, 1.54) is 4.90 Å². The van der Waals surface area contributed by atoms with Crippen molar-refractivity contribution in [3.05, 3.63) is 71.8 Å². The Morgan fingerprint density at radius 1 is 1.09 bits per heavy atom. The molecule has 2 atom stereocenters. The van der Waals surface area contributed by atoms with Gasteiger partial charge in [0.1, 0.15) is 6.10 Å². The fraction of sp³-hybridized carbons (Fsp3) is 0.316. The summed E-state index contributed by atoms with van der Waals surface area (Å²) in [5.74, 6) is -0.0862. The van der Waals surface area contributed by atoms with Crippen LogP contribution in [0.4, 0.5) is 0 Å². The van der Waals surface area contributed by atoms with Crippen LogP contribution < -0.4 is 0 Å². The van der Waals surface area contributed by atoms with Crippen LogP contribution in [-0.4, -0.2) is 27.7 Å². The average Bonchev–Trinajstić information content (AvgIpc) is 2.78. The Kier molecular flexibility index (Phi) is 4.46. The number of nitrogens with zero attached hydrogens (tertiary/aromatic N) is 1. The summed E-state index contributed by atoms with van der Waals surface area (Å²) >= 11 is 0. The van der Waals surface area contributed by atoms with Gasteiger partial charge in [-0.1, -0.05) is 60.7 Å². The molecule has 0 spiro atoms. The van der Waals surface area contributed by atoms with Crippen molar-refractivity contribution < 1.29 is 14.6 Å². The normalized spacial score (nSPS) is 24.2. The van der Waals surface area contributed by atoms with Crippen LogP contribution in [0, 0.1) is 0 Å². The second kappa shape index (κ2) is 6.52. The van der Waals surface area contributed by atoms with Crippen LogP contribution in [-0.2, 0) is 22.7 Å². The van der Waals surface area contributed by atoms with Gasteiger partial charge in [-0.15, -0.1) is 0 Å². The van der Waals surface area contributed by atoms with Crippen molar-refractivity contribution in [3.8, 4) is 0 Å². The van der Waals surface area contributed by atoms with Crippen molar-refractivity contribution in [2.75, 3.05) is 0 Å². The van der Waals surface area contributed by atoms with Gasteiger partial charge in [0.15, 0.2) is 5.72 Å². The molecule has 1 aliphatic rings. The van der Waals surface area contributed by atoms with Crippen molar-refractivity contribution in [2.45, 2.75) is 38.3 Å². The lowest BCUT2D eigenvalue weighted by Gasteiger charge is -2.34. The van der Waals surface area contributed by atoms with Crippen molar-refractivity contribution in [2.24, 2.45) is 0 Å². The molecular formula is C19H21NO3. The first-order valence-electron chi connectivity index (χ1n) is 7.79. The molecule has 4 nitrogen and oxygen atoms in total. The Balaban J connectivity index is 1.68. The number of hydrogen-bond acceptors (Lipinski definition) is 3. The Hall–Kier alpha value is -2.17. The van der Waals surface area contributed by atoms with Crippen LogP contribution in [0.3, 0.4) is 0 Å².